The molecular formula is C26H27N3O3S. The topological polar surface area (TPSA) is 79.8 Å². The zero-order valence-electron chi connectivity index (χ0n) is 18.3. The Morgan fingerprint density at radius 3 is 2.30 bits per heavy atom. The molecule has 0 bridgehead atoms. The normalized spacial score (nSPS) is 10.7. The van der Waals surface area contributed by atoms with Gasteiger partial charge in [-0.15, -0.1) is 11.8 Å². The van der Waals surface area contributed by atoms with Crippen molar-refractivity contribution in [1.82, 2.24) is 10.7 Å². The Balaban J connectivity index is 1.30. The van der Waals surface area contributed by atoms with Gasteiger partial charge in [-0.05, 0) is 53.9 Å². The summed E-state index contributed by atoms with van der Waals surface area (Å²) in [7, 11) is 0. The van der Waals surface area contributed by atoms with Crippen LogP contribution in [0.3, 0.4) is 0 Å². The van der Waals surface area contributed by atoms with Crippen LogP contribution in [-0.2, 0) is 16.0 Å². The number of rotatable bonds is 12. The fourth-order valence-corrected chi connectivity index (χ4v) is 3.73. The second kappa shape index (κ2) is 13.8. The lowest BCUT2D eigenvalue weighted by molar-refractivity contribution is -0.123. The van der Waals surface area contributed by atoms with Crippen LogP contribution >= 0.6 is 11.8 Å². The predicted molar refractivity (Wildman–Crippen MR) is 133 cm³/mol. The minimum atomic E-state index is -0.162. The average molecular weight is 462 g/mol. The van der Waals surface area contributed by atoms with Gasteiger partial charge in [-0.1, -0.05) is 48.5 Å². The number of carbonyl (C=O) groups is 2. The molecular weight excluding hydrogens is 434 g/mol. The maximum atomic E-state index is 11.9. The fraction of sp³-hybridized carbons (Fsp3) is 0.192. The Bertz CT molecular complexity index is 1030. The highest BCUT2D eigenvalue weighted by Gasteiger charge is 2.03. The second-order valence-corrected chi connectivity index (χ2v) is 8.32. The standard InChI is InChI=1S/C26H27N3O3S/c30-25(16-18-33-24-9-5-2-6-10-24)29-28-19-22-11-13-23(14-12-22)32-20-26(31)27-17-15-21-7-3-1-4-8-21/h1-14,19H,15-18,20H2,(H,27,31)(H,29,30). The number of benzene rings is 3. The molecule has 2 N–H and O–H groups in total. The molecule has 0 aromatic heterocycles. The average Bonchev–Trinajstić information content (AvgIpc) is 2.85. The number of ether oxygens (including phenoxy) is 1. The fourth-order valence-electron chi connectivity index (χ4n) is 2.85. The molecule has 2 amide bonds. The van der Waals surface area contributed by atoms with E-state index < -0.39 is 0 Å². The van der Waals surface area contributed by atoms with Crippen molar-refractivity contribution < 1.29 is 14.3 Å². The first-order valence-corrected chi connectivity index (χ1v) is 11.7. The molecule has 7 heteroatoms. The van der Waals surface area contributed by atoms with E-state index in [1.807, 2.05) is 72.8 Å². The van der Waals surface area contributed by atoms with Crippen LogP contribution in [0.2, 0.25) is 0 Å². The number of amides is 2. The molecule has 0 atom stereocenters. The van der Waals surface area contributed by atoms with Crippen LogP contribution < -0.4 is 15.5 Å². The van der Waals surface area contributed by atoms with Crippen LogP contribution in [0.4, 0.5) is 0 Å². The smallest absolute Gasteiger partial charge is 0.257 e. The van der Waals surface area contributed by atoms with Gasteiger partial charge >= 0.3 is 0 Å². The highest BCUT2D eigenvalue weighted by Crippen LogP contribution is 2.17. The van der Waals surface area contributed by atoms with Gasteiger partial charge in [0.2, 0.25) is 5.91 Å². The van der Waals surface area contributed by atoms with Crippen molar-refractivity contribution in [2.75, 3.05) is 18.9 Å². The SMILES string of the molecule is O=C(COc1ccc(C=NNC(=O)CCSc2ccccc2)cc1)NCCc1ccccc1. The maximum absolute atomic E-state index is 11.9. The van der Waals surface area contributed by atoms with Crippen molar-refractivity contribution >= 4 is 29.8 Å². The Labute approximate surface area is 198 Å². The van der Waals surface area contributed by atoms with Crippen molar-refractivity contribution in [3.63, 3.8) is 0 Å². The first kappa shape index (κ1) is 24.1. The molecule has 0 spiro atoms. The summed E-state index contributed by atoms with van der Waals surface area (Å²) in [5, 5.41) is 6.84. The molecule has 3 aromatic rings. The zero-order valence-corrected chi connectivity index (χ0v) is 19.1. The molecule has 170 valence electrons. The maximum Gasteiger partial charge on any atom is 0.257 e. The van der Waals surface area contributed by atoms with Gasteiger partial charge in [-0.2, -0.15) is 5.10 Å². The minimum Gasteiger partial charge on any atom is -0.484 e. The number of nitrogens with zero attached hydrogens (tertiary/aromatic N) is 1. The number of carbonyl (C=O) groups excluding carboxylic acids is 2. The second-order valence-electron chi connectivity index (χ2n) is 7.15. The number of hydrazone groups is 1. The van der Waals surface area contributed by atoms with Crippen molar-refractivity contribution in [2.45, 2.75) is 17.7 Å². The largest absolute Gasteiger partial charge is 0.484 e. The minimum absolute atomic E-state index is 0.0424. The van der Waals surface area contributed by atoms with E-state index in [2.05, 4.69) is 15.8 Å². The van der Waals surface area contributed by atoms with Gasteiger partial charge in [-0.3, -0.25) is 9.59 Å². The van der Waals surface area contributed by atoms with E-state index in [-0.39, 0.29) is 18.4 Å². The van der Waals surface area contributed by atoms with Crippen molar-refractivity contribution in [2.24, 2.45) is 5.10 Å². The van der Waals surface area contributed by atoms with E-state index in [0.29, 0.717) is 24.5 Å². The lowest BCUT2D eigenvalue weighted by atomic mass is 10.1. The lowest BCUT2D eigenvalue weighted by Gasteiger charge is -2.08. The van der Waals surface area contributed by atoms with E-state index in [4.69, 9.17) is 4.74 Å². The molecule has 0 aliphatic rings. The molecule has 0 radical (unpaired) electrons. The van der Waals surface area contributed by atoms with Crippen LogP contribution in [-0.4, -0.2) is 36.9 Å². The summed E-state index contributed by atoms with van der Waals surface area (Å²) in [6.07, 6.45) is 2.74. The Hall–Kier alpha value is -3.58. The zero-order chi connectivity index (χ0) is 23.1. The van der Waals surface area contributed by atoms with Crippen molar-refractivity contribution in [3.8, 4) is 5.75 Å². The van der Waals surface area contributed by atoms with Crippen LogP contribution in [0, 0.1) is 0 Å². The summed E-state index contributed by atoms with van der Waals surface area (Å²) in [5.74, 6) is 0.988. The summed E-state index contributed by atoms with van der Waals surface area (Å²) < 4.78 is 5.52. The highest BCUT2D eigenvalue weighted by atomic mass is 32.2. The van der Waals surface area contributed by atoms with Crippen molar-refractivity contribution in [3.05, 3.63) is 96.1 Å². The molecule has 3 aromatic carbocycles. The van der Waals surface area contributed by atoms with Crippen LogP contribution in [0.1, 0.15) is 17.5 Å². The molecule has 0 saturated carbocycles. The van der Waals surface area contributed by atoms with Crippen LogP contribution in [0.5, 0.6) is 5.75 Å². The van der Waals surface area contributed by atoms with Crippen LogP contribution in [0.15, 0.2) is 94.9 Å². The lowest BCUT2D eigenvalue weighted by Crippen LogP contribution is -2.30. The molecule has 6 nitrogen and oxygen atoms in total. The molecule has 3 rings (SSSR count). The van der Waals surface area contributed by atoms with Gasteiger partial charge in [0, 0.05) is 23.6 Å². The summed E-state index contributed by atoms with van der Waals surface area (Å²) in [6, 6.07) is 27.1. The van der Waals surface area contributed by atoms with Gasteiger partial charge in [0.05, 0.1) is 6.21 Å². The predicted octanol–water partition coefficient (Wildman–Crippen LogP) is 4.06. The number of hydrogen-bond acceptors (Lipinski definition) is 5. The summed E-state index contributed by atoms with van der Waals surface area (Å²) in [5.41, 5.74) is 4.53. The van der Waals surface area contributed by atoms with Gasteiger partial charge in [-0.25, -0.2) is 5.43 Å². The van der Waals surface area contributed by atoms with Gasteiger partial charge in [0.15, 0.2) is 6.61 Å². The van der Waals surface area contributed by atoms with Gasteiger partial charge in [0.1, 0.15) is 5.75 Å². The van der Waals surface area contributed by atoms with E-state index >= 15 is 0 Å². The number of nitrogens with one attached hydrogen (secondary N) is 2. The molecule has 0 fully saturated rings. The molecule has 0 heterocycles. The van der Waals surface area contributed by atoms with E-state index in [0.717, 1.165) is 16.9 Å². The Kier molecular flexibility index (Phi) is 10.0. The first-order valence-electron chi connectivity index (χ1n) is 10.7. The molecule has 0 aliphatic heterocycles. The quantitative estimate of drug-likeness (QED) is 0.242. The third-order valence-electron chi connectivity index (χ3n) is 4.57. The van der Waals surface area contributed by atoms with Gasteiger partial charge in [0.25, 0.3) is 5.91 Å². The van der Waals surface area contributed by atoms with Gasteiger partial charge < -0.3 is 10.1 Å². The summed E-state index contributed by atoms with van der Waals surface area (Å²) >= 11 is 1.63. The highest BCUT2D eigenvalue weighted by molar-refractivity contribution is 7.99. The van der Waals surface area contributed by atoms with E-state index in [1.54, 1.807) is 30.1 Å². The molecule has 33 heavy (non-hydrogen) atoms. The van der Waals surface area contributed by atoms with E-state index in [9.17, 15) is 9.59 Å². The number of thioether (sulfide) groups is 1. The summed E-state index contributed by atoms with van der Waals surface area (Å²) in [6.45, 7) is 0.525. The molecule has 0 unspecified atom stereocenters. The third kappa shape index (κ3) is 9.62. The van der Waals surface area contributed by atoms with Crippen LogP contribution in [0.25, 0.3) is 0 Å². The van der Waals surface area contributed by atoms with Crippen molar-refractivity contribution in [1.29, 1.82) is 0 Å². The first-order chi connectivity index (χ1) is 16.2. The molecule has 0 aliphatic carbocycles. The number of hydrogen-bond donors (Lipinski definition) is 2. The summed E-state index contributed by atoms with van der Waals surface area (Å²) in [4.78, 5) is 25.0. The van der Waals surface area contributed by atoms with E-state index in [1.165, 1.54) is 5.56 Å². The monoisotopic (exact) mass is 461 g/mol. The Morgan fingerprint density at radius 1 is 0.879 bits per heavy atom. The molecule has 0 saturated heterocycles. The Morgan fingerprint density at radius 2 is 1.58 bits per heavy atom. The third-order valence-corrected chi connectivity index (χ3v) is 5.59.